The van der Waals surface area contributed by atoms with Gasteiger partial charge in [0.25, 0.3) is 0 Å². The van der Waals surface area contributed by atoms with Crippen molar-refractivity contribution in [3.63, 3.8) is 0 Å². The first-order chi connectivity index (χ1) is 11.1. The van der Waals surface area contributed by atoms with E-state index in [0.717, 1.165) is 19.3 Å². The van der Waals surface area contributed by atoms with E-state index in [1.54, 1.807) is 17.9 Å². The van der Waals surface area contributed by atoms with Gasteiger partial charge < -0.3 is 14.7 Å². The molecule has 1 saturated carbocycles. The molecule has 2 amide bonds. The lowest BCUT2D eigenvalue weighted by Gasteiger charge is -2.29. The van der Waals surface area contributed by atoms with Crippen LogP contribution in [0.4, 0.5) is 5.82 Å². The molecule has 1 N–H and O–H groups in total. The summed E-state index contributed by atoms with van der Waals surface area (Å²) in [5, 5.41) is 6.44. The van der Waals surface area contributed by atoms with Crippen molar-refractivity contribution in [1.29, 1.82) is 0 Å². The first-order valence-electron chi connectivity index (χ1n) is 8.59. The number of carbonyl (C=O) groups is 2. The van der Waals surface area contributed by atoms with Crippen molar-refractivity contribution in [2.45, 2.75) is 58.8 Å². The summed E-state index contributed by atoms with van der Waals surface area (Å²) in [4.78, 5) is 26.2. The van der Waals surface area contributed by atoms with Crippen molar-refractivity contribution in [1.82, 2.24) is 10.1 Å². The fourth-order valence-electron chi connectivity index (χ4n) is 3.09. The van der Waals surface area contributed by atoms with Crippen LogP contribution in [0.25, 0.3) is 0 Å². The molecule has 0 spiro atoms. The highest BCUT2D eigenvalue weighted by Gasteiger charge is 2.22. The lowest BCUT2D eigenvalue weighted by Crippen LogP contribution is -2.41. The van der Waals surface area contributed by atoms with Gasteiger partial charge in [-0.25, -0.2) is 0 Å². The predicted octanol–water partition coefficient (Wildman–Crippen LogP) is 3.13. The number of hydrogen-bond acceptors (Lipinski definition) is 4. The molecule has 1 aromatic heterocycles. The number of nitrogens with zero attached hydrogens (tertiary/aromatic N) is 2. The molecule has 1 aliphatic carbocycles. The van der Waals surface area contributed by atoms with Gasteiger partial charge in [0, 0.05) is 19.0 Å². The molecule has 0 radical (unpaired) electrons. The van der Waals surface area contributed by atoms with E-state index in [0.29, 0.717) is 30.5 Å². The van der Waals surface area contributed by atoms with Gasteiger partial charge in [0.1, 0.15) is 5.76 Å². The third kappa shape index (κ3) is 5.69. The summed E-state index contributed by atoms with van der Waals surface area (Å²) >= 11 is 0. The predicted molar refractivity (Wildman–Crippen MR) is 87.9 cm³/mol. The van der Waals surface area contributed by atoms with Gasteiger partial charge in [-0.1, -0.05) is 31.3 Å². The minimum absolute atomic E-state index is 0.0598. The zero-order valence-electron chi connectivity index (χ0n) is 14.1. The topological polar surface area (TPSA) is 75.4 Å². The molecule has 128 valence electrons. The Hall–Kier alpha value is -1.85. The highest BCUT2D eigenvalue weighted by molar-refractivity contribution is 5.93. The van der Waals surface area contributed by atoms with Crippen LogP contribution in [0.5, 0.6) is 0 Å². The summed E-state index contributed by atoms with van der Waals surface area (Å²) in [6.45, 7) is 4.52. The lowest BCUT2D eigenvalue weighted by molar-refractivity contribution is -0.135. The van der Waals surface area contributed by atoms with Crippen LogP contribution in [0.1, 0.15) is 57.6 Å². The lowest BCUT2D eigenvalue weighted by atomic mass is 9.89. The summed E-state index contributed by atoms with van der Waals surface area (Å²) in [6, 6.07) is 1.66. The molecule has 1 aliphatic rings. The van der Waals surface area contributed by atoms with Crippen molar-refractivity contribution in [3.05, 3.63) is 11.8 Å². The average molecular weight is 321 g/mol. The van der Waals surface area contributed by atoms with Gasteiger partial charge in [0.05, 0.1) is 6.54 Å². The van der Waals surface area contributed by atoms with Crippen LogP contribution in [0.15, 0.2) is 10.6 Å². The molecule has 23 heavy (non-hydrogen) atoms. The Bertz CT molecular complexity index is 521. The minimum atomic E-state index is -0.224. The van der Waals surface area contributed by atoms with Crippen molar-refractivity contribution in [2.75, 3.05) is 18.4 Å². The van der Waals surface area contributed by atoms with Gasteiger partial charge in [-0.05, 0) is 32.1 Å². The van der Waals surface area contributed by atoms with E-state index in [4.69, 9.17) is 4.52 Å². The molecule has 1 aromatic rings. The Morgan fingerprint density at radius 2 is 2.09 bits per heavy atom. The molecule has 1 heterocycles. The van der Waals surface area contributed by atoms with Crippen molar-refractivity contribution in [3.8, 4) is 0 Å². The number of rotatable bonds is 7. The summed E-state index contributed by atoms with van der Waals surface area (Å²) in [6.07, 6.45) is 7.33. The zero-order chi connectivity index (χ0) is 16.7. The van der Waals surface area contributed by atoms with E-state index in [1.807, 2.05) is 6.92 Å². The van der Waals surface area contributed by atoms with Crippen LogP contribution >= 0.6 is 0 Å². The third-order valence-corrected chi connectivity index (χ3v) is 4.25. The number of aryl methyl sites for hydroxylation is 1. The molecule has 0 aliphatic heterocycles. The fraction of sp³-hybridized carbons (Fsp3) is 0.706. The SMILES string of the molecule is CCCC(=O)N(CC(=O)Nc1cc(C)on1)CC1CCCCC1. The molecule has 0 bridgehead atoms. The van der Waals surface area contributed by atoms with Crippen molar-refractivity contribution < 1.29 is 14.1 Å². The van der Waals surface area contributed by atoms with Gasteiger partial charge in [-0.3, -0.25) is 9.59 Å². The van der Waals surface area contributed by atoms with Crippen molar-refractivity contribution in [2.24, 2.45) is 5.92 Å². The number of aromatic nitrogens is 1. The normalized spacial score (nSPS) is 15.4. The quantitative estimate of drug-likeness (QED) is 0.837. The minimum Gasteiger partial charge on any atom is -0.360 e. The molecular formula is C17H27N3O3. The smallest absolute Gasteiger partial charge is 0.245 e. The maximum Gasteiger partial charge on any atom is 0.245 e. The van der Waals surface area contributed by atoms with Crippen LogP contribution in [0.2, 0.25) is 0 Å². The van der Waals surface area contributed by atoms with Crippen LogP contribution < -0.4 is 5.32 Å². The molecule has 0 aromatic carbocycles. The fourth-order valence-corrected chi connectivity index (χ4v) is 3.09. The number of hydrogen-bond donors (Lipinski definition) is 1. The third-order valence-electron chi connectivity index (χ3n) is 4.25. The summed E-state index contributed by atoms with van der Waals surface area (Å²) in [5.74, 6) is 1.39. The molecule has 6 nitrogen and oxygen atoms in total. The second kappa shape index (κ2) is 8.70. The van der Waals surface area contributed by atoms with E-state index >= 15 is 0 Å². The zero-order valence-corrected chi connectivity index (χ0v) is 14.1. The number of carbonyl (C=O) groups excluding carboxylic acids is 2. The van der Waals surface area contributed by atoms with E-state index < -0.39 is 0 Å². The standard InChI is InChI=1S/C17H27N3O3/c1-3-7-17(22)20(11-14-8-5-4-6-9-14)12-16(21)18-15-10-13(2)23-19-15/h10,14H,3-9,11-12H2,1-2H3,(H,18,19,21). The van der Waals surface area contributed by atoms with Crippen LogP contribution in [-0.2, 0) is 9.59 Å². The molecule has 1 fully saturated rings. The highest BCUT2D eigenvalue weighted by Crippen LogP contribution is 2.24. The Labute approximate surface area is 137 Å². The average Bonchev–Trinajstić information content (AvgIpc) is 2.93. The van der Waals surface area contributed by atoms with E-state index in [9.17, 15) is 9.59 Å². The summed E-state index contributed by atoms with van der Waals surface area (Å²) in [5.41, 5.74) is 0. The van der Waals surface area contributed by atoms with Crippen LogP contribution in [-0.4, -0.2) is 35.0 Å². The van der Waals surface area contributed by atoms with Crippen LogP contribution in [0, 0.1) is 12.8 Å². The molecule has 2 rings (SSSR count). The Balaban J connectivity index is 1.92. The number of amides is 2. The molecular weight excluding hydrogens is 294 g/mol. The Morgan fingerprint density at radius 1 is 1.35 bits per heavy atom. The summed E-state index contributed by atoms with van der Waals surface area (Å²) < 4.78 is 4.93. The van der Waals surface area contributed by atoms with Gasteiger partial charge in [0.2, 0.25) is 11.8 Å². The molecule has 6 heteroatoms. The summed E-state index contributed by atoms with van der Waals surface area (Å²) in [7, 11) is 0. The first kappa shape index (κ1) is 17.5. The Kier molecular flexibility index (Phi) is 6.62. The van der Waals surface area contributed by atoms with Gasteiger partial charge in [0.15, 0.2) is 5.82 Å². The molecule has 0 unspecified atom stereocenters. The van der Waals surface area contributed by atoms with E-state index in [1.165, 1.54) is 19.3 Å². The Morgan fingerprint density at radius 3 is 2.70 bits per heavy atom. The second-order valence-corrected chi connectivity index (χ2v) is 6.40. The van der Waals surface area contributed by atoms with Gasteiger partial charge >= 0.3 is 0 Å². The second-order valence-electron chi connectivity index (χ2n) is 6.40. The first-order valence-corrected chi connectivity index (χ1v) is 8.59. The highest BCUT2D eigenvalue weighted by atomic mass is 16.5. The van der Waals surface area contributed by atoms with E-state index in [-0.39, 0.29) is 18.4 Å². The maximum absolute atomic E-state index is 12.3. The van der Waals surface area contributed by atoms with Crippen molar-refractivity contribution >= 4 is 17.6 Å². The number of anilines is 1. The van der Waals surface area contributed by atoms with Gasteiger partial charge in [-0.15, -0.1) is 0 Å². The van der Waals surface area contributed by atoms with Gasteiger partial charge in [-0.2, -0.15) is 0 Å². The molecule has 0 saturated heterocycles. The monoisotopic (exact) mass is 321 g/mol. The largest absolute Gasteiger partial charge is 0.360 e. The maximum atomic E-state index is 12.3. The van der Waals surface area contributed by atoms with Crippen LogP contribution in [0.3, 0.4) is 0 Å². The molecule has 0 atom stereocenters. The van der Waals surface area contributed by atoms with E-state index in [2.05, 4.69) is 10.5 Å². The number of nitrogens with one attached hydrogen (secondary N) is 1.